The van der Waals surface area contributed by atoms with E-state index < -0.39 is 0 Å². The summed E-state index contributed by atoms with van der Waals surface area (Å²) in [4.78, 5) is 11.9. The van der Waals surface area contributed by atoms with Crippen molar-refractivity contribution < 1.29 is 19.0 Å². The molecule has 1 heterocycles. The van der Waals surface area contributed by atoms with Gasteiger partial charge in [0.2, 0.25) is 0 Å². The molecule has 2 aliphatic rings. The summed E-state index contributed by atoms with van der Waals surface area (Å²) in [5.74, 6) is 1.41. The minimum atomic E-state index is -0.183. The Kier molecular flexibility index (Phi) is 7.62. The standard InChI is InChI=1S/C27H31NO4/c1-2-30-27(29)23-7-5-21(6-8-23)22-9-13-24(14-10-22)31-19-20-3-11-25(12-4-20)32-26-15-17-28-18-16-26/h3-7,9-14,23,26,28H,2,8,15-19H2,1H3. The smallest absolute Gasteiger partial charge is 0.313 e. The first-order valence-corrected chi connectivity index (χ1v) is 11.5. The van der Waals surface area contributed by atoms with Crippen LogP contribution in [0.2, 0.25) is 0 Å². The Morgan fingerprint density at radius 2 is 1.72 bits per heavy atom. The normalized spacial score (nSPS) is 18.7. The highest BCUT2D eigenvalue weighted by molar-refractivity contribution is 5.81. The minimum Gasteiger partial charge on any atom is -0.490 e. The van der Waals surface area contributed by atoms with Gasteiger partial charge in [0, 0.05) is 0 Å². The summed E-state index contributed by atoms with van der Waals surface area (Å²) >= 11 is 0. The molecule has 1 fully saturated rings. The molecule has 2 aromatic carbocycles. The Morgan fingerprint density at radius 3 is 2.38 bits per heavy atom. The molecule has 5 nitrogen and oxygen atoms in total. The lowest BCUT2D eigenvalue weighted by Gasteiger charge is -2.23. The second kappa shape index (κ2) is 11.0. The zero-order valence-electron chi connectivity index (χ0n) is 18.6. The molecule has 5 heteroatoms. The third kappa shape index (κ3) is 6.01. The fourth-order valence-electron chi connectivity index (χ4n) is 3.94. The predicted octanol–water partition coefficient (Wildman–Crippen LogP) is 4.92. The van der Waals surface area contributed by atoms with Crippen molar-refractivity contribution in [1.82, 2.24) is 5.32 Å². The van der Waals surface area contributed by atoms with Crippen molar-refractivity contribution in [2.45, 2.75) is 38.9 Å². The molecule has 168 valence electrons. The summed E-state index contributed by atoms with van der Waals surface area (Å²) < 4.78 is 17.1. The number of carbonyl (C=O) groups excluding carboxylic acids is 1. The number of hydrogen-bond acceptors (Lipinski definition) is 5. The Morgan fingerprint density at radius 1 is 1.00 bits per heavy atom. The van der Waals surface area contributed by atoms with Crippen molar-refractivity contribution in [3.63, 3.8) is 0 Å². The molecular weight excluding hydrogens is 402 g/mol. The van der Waals surface area contributed by atoms with Crippen molar-refractivity contribution >= 4 is 11.5 Å². The maximum atomic E-state index is 11.9. The van der Waals surface area contributed by atoms with Crippen molar-refractivity contribution in [3.8, 4) is 11.5 Å². The second-order valence-corrected chi connectivity index (χ2v) is 8.14. The molecule has 0 aromatic heterocycles. The molecule has 0 amide bonds. The van der Waals surface area contributed by atoms with Crippen molar-refractivity contribution in [2.75, 3.05) is 19.7 Å². The van der Waals surface area contributed by atoms with Crippen LogP contribution in [0.4, 0.5) is 0 Å². The van der Waals surface area contributed by atoms with E-state index in [1.165, 1.54) is 0 Å². The van der Waals surface area contributed by atoms with Crippen molar-refractivity contribution in [3.05, 3.63) is 77.9 Å². The fourth-order valence-corrected chi connectivity index (χ4v) is 3.94. The monoisotopic (exact) mass is 433 g/mol. The van der Waals surface area contributed by atoms with Crippen LogP contribution in [0.5, 0.6) is 11.5 Å². The molecular formula is C27H31NO4. The van der Waals surface area contributed by atoms with E-state index in [0.717, 1.165) is 54.1 Å². The molecule has 1 unspecified atom stereocenters. The van der Waals surface area contributed by atoms with Gasteiger partial charge in [0.1, 0.15) is 24.2 Å². The lowest BCUT2D eigenvalue weighted by Crippen LogP contribution is -2.34. The highest BCUT2D eigenvalue weighted by Gasteiger charge is 2.18. The number of piperidine rings is 1. The maximum absolute atomic E-state index is 11.9. The summed E-state index contributed by atoms with van der Waals surface area (Å²) in [6.07, 6.45) is 9.09. The van der Waals surface area contributed by atoms with Crippen LogP contribution < -0.4 is 14.8 Å². The van der Waals surface area contributed by atoms with Gasteiger partial charge in [-0.3, -0.25) is 4.79 Å². The molecule has 2 aromatic rings. The molecule has 0 radical (unpaired) electrons. The summed E-state index contributed by atoms with van der Waals surface area (Å²) in [7, 11) is 0. The first-order valence-electron chi connectivity index (χ1n) is 11.5. The zero-order valence-corrected chi connectivity index (χ0v) is 18.6. The zero-order chi connectivity index (χ0) is 22.2. The Labute approximate surface area is 190 Å². The Bertz CT molecular complexity index is 941. The van der Waals surface area contributed by atoms with Gasteiger partial charge < -0.3 is 19.5 Å². The molecule has 1 atom stereocenters. The van der Waals surface area contributed by atoms with Gasteiger partial charge in [-0.2, -0.15) is 0 Å². The number of allylic oxidation sites excluding steroid dienone is 3. The molecule has 32 heavy (non-hydrogen) atoms. The lowest BCUT2D eigenvalue weighted by atomic mass is 9.93. The number of benzene rings is 2. The summed E-state index contributed by atoms with van der Waals surface area (Å²) in [6.45, 7) is 4.80. The number of hydrogen-bond donors (Lipinski definition) is 1. The molecule has 4 rings (SSSR count). The van der Waals surface area contributed by atoms with Crippen LogP contribution in [0, 0.1) is 5.92 Å². The molecule has 0 bridgehead atoms. The number of carbonyl (C=O) groups is 1. The van der Waals surface area contributed by atoms with Crippen molar-refractivity contribution in [1.29, 1.82) is 0 Å². The SMILES string of the molecule is CCOC(=O)C1C=CC(c2ccc(OCc3ccc(OC4CCNCC4)cc3)cc2)=CC1. The van der Waals surface area contributed by atoms with Crippen LogP contribution in [0.25, 0.3) is 5.57 Å². The van der Waals surface area contributed by atoms with Gasteiger partial charge in [0.25, 0.3) is 0 Å². The van der Waals surface area contributed by atoms with Gasteiger partial charge >= 0.3 is 5.97 Å². The van der Waals surface area contributed by atoms with E-state index in [1.54, 1.807) is 0 Å². The van der Waals surface area contributed by atoms with E-state index in [-0.39, 0.29) is 11.9 Å². The average Bonchev–Trinajstić information content (AvgIpc) is 2.85. The van der Waals surface area contributed by atoms with E-state index in [0.29, 0.717) is 25.7 Å². The summed E-state index contributed by atoms with van der Waals surface area (Å²) in [5.41, 5.74) is 3.33. The average molecular weight is 434 g/mol. The van der Waals surface area contributed by atoms with Gasteiger partial charge in [0.15, 0.2) is 0 Å². The topological polar surface area (TPSA) is 56.8 Å². The van der Waals surface area contributed by atoms with E-state index in [1.807, 2.05) is 55.5 Å². The molecule has 1 aliphatic carbocycles. The number of rotatable bonds is 8. The van der Waals surface area contributed by atoms with Gasteiger partial charge in [-0.1, -0.05) is 42.5 Å². The van der Waals surface area contributed by atoms with Crippen LogP contribution in [0.15, 0.2) is 66.8 Å². The lowest BCUT2D eigenvalue weighted by molar-refractivity contribution is -0.146. The predicted molar refractivity (Wildman–Crippen MR) is 126 cm³/mol. The van der Waals surface area contributed by atoms with Crippen LogP contribution in [0.1, 0.15) is 37.3 Å². The van der Waals surface area contributed by atoms with Gasteiger partial charge in [0.05, 0.1) is 12.5 Å². The third-order valence-corrected chi connectivity index (χ3v) is 5.79. The quantitative estimate of drug-likeness (QED) is 0.599. The Balaban J connectivity index is 1.26. The number of esters is 1. The van der Waals surface area contributed by atoms with Crippen LogP contribution in [-0.4, -0.2) is 31.8 Å². The largest absolute Gasteiger partial charge is 0.490 e. The molecule has 1 N–H and O–H groups in total. The molecule has 1 aliphatic heterocycles. The first kappa shape index (κ1) is 22.2. The minimum absolute atomic E-state index is 0.159. The number of ether oxygens (including phenoxy) is 3. The Hall–Kier alpha value is -3.05. The second-order valence-electron chi connectivity index (χ2n) is 8.14. The highest BCUT2D eigenvalue weighted by atomic mass is 16.5. The third-order valence-electron chi connectivity index (χ3n) is 5.79. The van der Waals surface area contributed by atoms with E-state index in [9.17, 15) is 4.79 Å². The van der Waals surface area contributed by atoms with Gasteiger partial charge in [-0.15, -0.1) is 0 Å². The van der Waals surface area contributed by atoms with Crippen LogP contribution in [0.3, 0.4) is 0 Å². The highest BCUT2D eigenvalue weighted by Crippen LogP contribution is 2.27. The summed E-state index contributed by atoms with van der Waals surface area (Å²) in [5, 5.41) is 3.35. The molecule has 0 spiro atoms. The number of nitrogens with one attached hydrogen (secondary N) is 1. The maximum Gasteiger partial charge on any atom is 0.313 e. The van der Waals surface area contributed by atoms with Gasteiger partial charge in [-0.05, 0) is 80.2 Å². The van der Waals surface area contributed by atoms with Gasteiger partial charge in [-0.25, -0.2) is 0 Å². The molecule has 1 saturated heterocycles. The van der Waals surface area contributed by atoms with E-state index in [4.69, 9.17) is 14.2 Å². The van der Waals surface area contributed by atoms with E-state index >= 15 is 0 Å². The van der Waals surface area contributed by atoms with Crippen molar-refractivity contribution in [2.24, 2.45) is 5.92 Å². The van der Waals surface area contributed by atoms with Crippen LogP contribution in [-0.2, 0) is 16.1 Å². The molecule has 0 saturated carbocycles. The van der Waals surface area contributed by atoms with Crippen LogP contribution >= 0.6 is 0 Å². The summed E-state index contributed by atoms with van der Waals surface area (Å²) in [6, 6.07) is 16.2. The first-order chi connectivity index (χ1) is 15.7. The van der Waals surface area contributed by atoms with E-state index in [2.05, 4.69) is 23.5 Å². The fraction of sp³-hybridized carbons (Fsp3) is 0.370.